The molecule has 0 radical (unpaired) electrons. The standard InChI is InChI=1S/C17H13N3O/c21-17(14-11-19-20-9-2-1-5-16(14)20)13-6-7-15-12(10-13)4-3-8-18-15/h1-11,17,21H. The number of pyridine rings is 2. The summed E-state index contributed by atoms with van der Waals surface area (Å²) in [6.07, 6.45) is 4.65. The Morgan fingerprint density at radius 2 is 2.00 bits per heavy atom. The molecule has 0 aliphatic carbocycles. The van der Waals surface area contributed by atoms with Crippen molar-refractivity contribution < 1.29 is 5.11 Å². The Morgan fingerprint density at radius 3 is 2.95 bits per heavy atom. The van der Waals surface area contributed by atoms with Crippen molar-refractivity contribution in [2.45, 2.75) is 6.10 Å². The van der Waals surface area contributed by atoms with Gasteiger partial charge in [0.05, 0.1) is 17.2 Å². The van der Waals surface area contributed by atoms with Crippen molar-refractivity contribution in [3.8, 4) is 0 Å². The first-order valence-electron chi connectivity index (χ1n) is 6.78. The van der Waals surface area contributed by atoms with Crippen LogP contribution in [0.3, 0.4) is 0 Å². The minimum absolute atomic E-state index is 0.700. The SMILES string of the molecule is OC(c1ccc2ncccc2c1)c1cnn2ccccc12. The molecule has 0 aliphatic heterocycles. The number of nitrogens with zero attached hydrogens (tertiary/aromatic N) is 3. The number of rotatable bonds is 2. The maximum Gasteiger partial charge on any atom is 0.108 e. The topological polar surface area (TPSA) is 50.4 Å². The van der Waals surface area contributed by atoms with Gasteiger partial charge >= 0.3 is 0 Å². The predicted octanol–water partition coefficient (Wildman–Crippen LogP) is 2.96. The van der Waals surface area contributed by atoms with Crippen LogP contribution in [-0.2, 0) is 0 Å². The zero-order chi connectivity index (χ0) is 14.2. The number of hydrogen-bond acceptors (Lipinski definition) is 3. The molecule has 0 saturated heterocycles. The zero-order valence-corrected chi connectivity index (χ0v) is 11.2. The van der Waals surface area contributed by atoms with E-state index < -0.39 is 6.10 Å². The van der Waals surface area contributed by atoms with Crippen LogP contribution in [0.2, 0.25) is 0 Å². The fourth-order valence-corrected chi connectivity index (χ4v) is 2.61. The monoisotopic (exact) mass is 275 g/mol. The van der Waals surface area contributed by atoms with Crippen LogP contribution >= 0.6 is 0 Å². The van der Waals surface area contributed by atoms with E-state index in [1.807, 2.05) is 54.7 Å². The minimum atomic E-state index is -0.700. The van der Waals surface area contributed by atoms with Crippen LogP contribution < -0.4 is 0 Å². The van der Waals surface area contributed by atoms with Crippen molar-refractivity contribution in [2.24, 2.45) is 0 Å². The van der Waals surface area contributed by atoms with Crippen molar-refractivity contribution in [3.63, 3.8) is 0 Å². The molecule has 21 heavy (non-hydrogen) atoms. The number of aliphatic hydroxyl groups excluding tert-OH is 1. The van der Waals surface area contributed by atoms with Crippen LogP contribution in [-0.4, -0.2) is 19.7 Å². The van der Waals surface area contributed by atoms with E-state index in [0.29, 0.717) is 0 Å². The van der Waals surface area contributed by atoms with Gasteiger partial charge in [-0.15, -0.1) is 0 Å². The molecule has 4 aromatic rings. The average Bonchev–Trinajstić information content (AvgIpc) is 2.98. The van der Waals surface area contributed by atoms with Crippen LogP contribution in [0.1, 0.15) is 17.2 Å². The Kier molecular flexibility index (Phi) is 2.69. The van der Waals surface area contributed by atoms with Crippen molar-refractivity contribution in [1.82, 2.24) is 14.6 Å². The molecule has 102 valence electrons. The largest absolute Gasteiger partial charge is 0.384 e. The van der Waals surface area contributed by atoms with Crippen LogP contribution in [0.25, 0.3) is 16.4 Å². The third-order valence-corrected chi connectivity index (χ3v) is 3.69. The lowest BCUT2D eigenvalue weighted by molar-refractivity contribution is 0.222. The van der Waals surface area contributed by atoms with Gasteiger partial charge in [0, 0.05) is 23.3 Å². The van der Waals surface area contributed by atoms with E-state index in [9.17, 15) is 5.11 Å². The fourth-order valence-electron chi connectivity index (χ4n) is 2.61. The normalized spacial score (nSPS) is 12.8. The zero-order valence-electron chi connectivity index (χ0n) is 11.2. The first-order valence-corrected chi connectivity index (χ1v) is 6.78. The summed E-state index contributed by atoms with van der Waals surface area (Å²) in [5, 5.41) is 16.0. The molecule has 0 bridgehead atoms. The second-order valence-corrected chi connectivity index (χ2v) is 4.99. The number of aliphatic hydroxyl groups is 1. The Bertz CT molecular complexity index is 929. The second kappa shape index (κ2) is 4.68. The number of fused-ring (bicyclic) bond motifs is 2. The summed E-state index contributed by atoms with van der Waals surface area (Å²) >= 11 is 0. The molecule has 0 fully saturated rings. The van der Waals surface area contributed by atoms with Crippen LogP contribution in [0, 0.1) is 0 Å². The molecule has 4 heteroatoms. The summed E-state index contributed by atoms with van der Waals surface area (Å²) in [6, 6.07) is 15.5. The van der Waals surface area contributed by atoms with Gasteiger partial charge < -0.3 is 5.11 Å². The lowest BCUT2D eigenvalue weighted by Crippen LogP contribution is -1.99. The lowest BCUT2D eigenvalue weighted by atomic mass is 10.0. The highest BCUT2D eigenvalue weighted by atomic mass is 16.3. The number of benzene rings is 1. The molecular formula is C17H13N3O. The predicted molar refractivity (Wildman–Crippen MR) is 81.0 cm³/mol. The van der Waals surface area contributed by atoms with Gasteiger partial charge in [0.25, 0.3) is 0 Å². The van der Waals surface area contributed by atoms with Gasteiger partial charge in [-0.3, -0.25) is 4.98 Å². The quantitative estimate of drug-likeness (QED) is 0.612. The molecule has 1 aromatic carbocycles. The molecule has 4 nitrogen and oxygen atoms in total. The van der Waals surface area contributed by atoms with Crippen LogP contribution in [0.15, 0.2) is 67.1 Å². The first-order chi connectivity index (χ1) is 10.3. The summed E-state index contributed by atoms with van der Waals surface area (Å²) in [6.45, 7) is 0. The van der Waals surface area contributed by atoms with Gasteiger partial charge in [-0.2, -0.15) is 5.10 Å². The first kappa shape index (κ1) is 12.1. The highest BCUT2D eigenvalue weighted by Crippen LogP contribution is 2.27. The fraction of sp³-hybridized carbons (Fsp3) is 0.0588. The Morgan fingerprint density at radius 1 is 1.05 bits per heavy atom. The molecule has 4 rings (SSSR count). The van der Waals surface area contributed by atoms with E-state index >= 15 is 0 Å². The molecule has 0 amide bonds. The molecule has 1 unspecified atom stereocenters. The summed E-state index contributed by atoms with van der Waals surface area (Å²) in [4.78, 5) is 4.30. The van der Waals surface area contributed by atoms with Crippen molar-refractivity contribution >= 4 is 16.4 Å². The van der Waals surface area contributed by atoms with Gasteiger partial charge in [-0.25, -0.2) is 4.52 Å². The molecule has 0 saturated carbocycles. The van der Waals surface area contributed by atoms with E-state index in [1.165, 1.54) is 0 Å². The maximum absolute atomic E-state index is 10.7. The molecule has 3 aromatic heterocycles. The van der Waals surface area contributed by atoms with Gasteiger partial charge in [-0.05, 0) is 35.9 Å². The van der Waals surface area contributed by atoms with E-state index in [4.69, 9.17) is 0 Å². The van der Waals surface area contributed by atoms with Crippen molar-refractivity contribution in [2.75, 3.05) is 0 Å². The molecule has 3 heterocycles. The Balaban J connectivity index is 1.83. The van der Waals surface area contributed by atoms with E-state index in [-0.39, 0.29) is 0 Å². The third kappa shape index (κ3) is 1.97. The van der Waals surface area contributed by atoms with E-state index in [1.54, 1.807) is 16.9 Å². The average molecular weight is 275 g/mol. The Hall–Kier alpha value is -2.72. The number of aromatic nitrogens is 3. The molecule has 0 aliphatic rings. The lowest BCUT2D eigenvalue weighted by Gasteiger charge is -2.10. The molecule has 0 spiro atoms. The van der Waals surface area contributed by atoms with Crippen LogP contribution in [0.5, 0.6) is 0 Å². The van der Waals surface area contributed by atoms with E-state index in [2.05, 4.69) is 10.1 Å². The summed E-state index contributed by atoms with van der Waals surface area (Å²) < 4.78 is 1.77. The summed E-state index contributed by atoms with van der Waals surface area (Å²) in [5.74, 6) is 0. The summed E-state index contributed by atoms with van der Waals surface area (Å²) in [5.41, 5.74) is 3.48. The second-order valence-electron chi connectivity index (χ2n) is 4.99. The van der Waals surface area contributed by atoms with Gasteiger partial charge in [0.1, 0.15) is 6.10 Å². The number of hydrogen-bond donors (Lipinski definition) is 1. The molecular weight excluding hydrogens is 262 g/mol. The highest BCUT2D eigenvalue weighted by molar-refractivity contribution is 5.79. The van der Waals surface area contributed by atoms with Crippen LogP contribution in [0.4, 0.5) is 0 Å². The van der Waals surface area contributed by atoms with Gasteiger partial charge in [0.2, 0.25) is 0 Å². The van der Waals surface area contributed by atoms with Gasteiger partial charge in [0.15, 0.2) is 0 Å². The van der Waals surface area contributed by atoms with Crippen molar-refractivity contribution in [1.29, 1.82) is 0 Å². The minimum Gasteiger partial charge on any atom is -0.384 e. The summed E-state index contributed by atoms with van der Waals surface area (Å²) in [7, 11) is 0. The highest BCUT2D eigenvalue weighted by Gasteiger charge is 2.15. The third-order valence-electron chi connectivity index (χ3n) is 3.69. The van der Waals surface area contributed by atoms with Crippen molar-refractivity contribution in [3.05, 3.63) is 78.2 Å². The Labute approximate surface area is 121 Å². The smallest absolute Gasteiger partial charge is 0.108 e. The van der Waals surface area contributed by atoms with Gasteiger partial charge in [-0.1, -0.05) is 18.2 Å². The molecule has 1 N–H and O–H groups in total. The molecule has 1 atom stereocenters. The van der Waals surface area contributed by atoms with E-state index in [0.717, 1.165) is 27.5 Å². The maximum atomic E-state index is 10.7.